The van der Waals surface area contributed by atoms with Crippen LogP contribution in [0.4, 0.5) is 0 Å². The van der Waals surface area contributed by atoms with Crippen molar-refractivity contribution in [1.29, 1.82) is 0 Å². The van der Waals surface area contributed by atoms with E-state index in [9.17, 15) is 177 Å². The third-order valence-corrected chi connectivity index (χ3v) is 23.4. The number of hydrogen-bond donors (Lipinski definition) is 34. The summed E-state index contributed by atoms with van der Waals surface area (Å²) in [5.41, 5.74) is 0. The molecule has 0 spiro atoms. The van der Waals surface area contributed by atoms with Crippen LogP contribution in [-0.2, 0) is 114 Å². The lowest BCUT2D eigenvalue weighted by molar-refractivity contribution is -0.400. The largest absolute Gasteiger partial charge is 0.477 e. The molecule has 10 unspecified atom stereocenters. The molecule has 0 aromatic heterocycles. The molecule has 10 saturated heterocycles. The SMILES string of the molecule is CC(=O)N[C@H]1[C@H]([C@H](O)[C@H](O)CO)OC(O[C@H]2[C@@H](O)[C@@H](CO)OC(O[C@H]3[C@H](O)[C@@H](NC(C)=O)C(O[C@@H]4C(O[C@H]5[C@H](O)[C@@H](COC6O[C@H](COC7O[C@H](CO)[C@@H](O)[C@H](O)[C@@H]7O)[C@@H](O)[C@H](OC7O[C@H](CO)[C@@H](O)[C@H](O)[C@@H]7O)[C@@H]6O)OC(O[C@H]6[C@H](O)[C@@H](NC(C)=O)C(O[C@H]7[C@H](O)[C@@H](NC(C)=O)C(O)O[C@@H]7CO)O[C@@H]6CO)[C@H]5O)O[C@H](CO)[C@@H](O)[C@@H]4O)O[C@@H]3CO)[C@@H]2O)(C(=O)O)C[C@@H]1O. The van der Waals surface area contributed by atoms with E-state index < -0.39 is 414 Å². The predicted octanol–water partition coefficient (Wildman–Crippen LogP) is -23.0. The molecule has 10 fully saturated rings. The summed E-state index contributed by atoms with van der Waals surface area (Å²) in [6, 6.07) is -7.60. The van der Waals surface area contributed by atoms with Crippen molar-refractivity contribution in [1.82, 2.24) is 21.3 Å². The first kappa shape index (κ1) is 106. The van der Waals surface area contributed by atoms with Crippen molar-refractivity contribution < 1.29 is 267 Å². The van der Waals surface area contributed by atoms with E-state index in [0.29, 0.717) is 0 Å². The van der Waals surface area contributed by atoms with Crippen LogP contribution in [0, 0.1) is 0 Å². The Morgan fingerprint density at radius 2 is 0.628 bits per heavy atom. The Balaban J connectivity index is 0.975. The lowest BCUT2D eigenvalue weighted by atomic mass is 9.88. The lowest BCUT2D eigenvalue weighted by Gasteiger charge is -2.51. The monoisotopic (exact) mass is 1890 g/mol. The summed E-state index contributed by atoms with van der Waals surface area (Å²) in [5, 5.41) is 344. The summed E-state index contributed by atoms with van der Waals surface area (Å²) in [6.45, 7) is -8.00. The van der Waals surface area contributed by atoms with Crippen LogP contribution in [0.1, 0.15) is 34.1 Å². The third kappa shape index (κ3) is 23.5. The molecule has 10 aliphatic heterocycles. The van der Waals surface area contributed by atoms with Crippen molar-refractivity contribution in [2.75, 3.05) is 66.1 Å². The second-order valence-corrected chi connectivity index (χ2v) is 32.4. The molecule has 0 aliphatic carbocycles. The van der Waals surface area contributed by atoms with Gasteiger partial charge in [-0.05, 0) is 0 Å². The summed E-state index contributed by atoms with van der Waals surface area (Å²) in [7, 11) is 0. The Bertz CT molecular complexity index is 3550. The third-order valence-electron chi connectivity index (χ3n) is 23.4. The molecule has 0 bridgehead atoms. The average molecular weight is 1890 g/mol. The number of amides is 4. The topological polar surface area (TPSA) is 916 Å². The number of rotatable bonds is 35. The molecule has 10 heterocycles. The highest BCUT2D eigenvalue weighted by Gasteiger charge is 2.64. The molecule has 129 heavy (non-hydrogen) atoms. The van der Waals surface area contributed by atoms with Gasteiger partial charge < -0.3 is 264 Å². The molecule has 0 saturated carbocycles. The van der Waals surface area contributed by atoms with Crippen molar-refractivity contribution >= 4 is 29.6 Å². The van der Waals surface area contributed by atoms with Crippen molar-refractivity contribution in [3.05, 3.63) is 0 Å². The fourth-order valence-corrected chi connectivity index (χ4v) is 16.5. The number of carboxylic acids is 1. The van der Waals surface area contributed by atoms with E-state index >= 15 is 0 Å². The number of nitrogens with one attached hydrogen (secondary N) is 4. The molecule has 51 atom stereocenters. The van der Waals surface area contributed by atoms with Crippen LogP contribution in [0.5, 0.6) is 0 Å². The number of ether oxygens (including phenoxy) is 19. The van der Waals surface area contributed by atoms with Gasteiger partial charge in [0, 0.05) is 34.1 Å². The number of carbonyl (C=O) groups is 5. The van der Waals surface area contributed by atoms with Gasteiger partial charge in [-0.25, -0.2) is 4.79 Å². The Morgan fingerprint density at radius 3 is 1.07 bits per heavy atom. The van der Waals surface area contributed by atoms with Crippen LogP contribution in [0.3, 0.4) is 0 Å². The lowest BCUT2D eigenvalue weighted by Crippen LogP contribution is -2.71. The average Bonchev–Trinajstić information content (AvgIpc) is 0.749. The predicted molar refractivity (Wildman–Crippen MR) is 393 cm³/mol. The number of aliphatic hydroxyl groups is 29. The molecule has 34 N–H and O–H groups in total. The Morgan fingerprint density at radius 1 is 0.318 bits per heavy atom. The fourth-order valence-electron chi connectivity index (χ4n) is 16.5. The zero-order valence-electron chi connectivity index (χ0n) is 68.9. The van der Waals surface area contributed by atoms with Crippen molar-refractivity contribution in [2.45, 2.75) is 347 Å². The molecule has 58 heteroatoms. The molecular formula is C71H118N4O54. The maximum absolute atomic E-state index is 13.3. The first-order chi connectivity index (χ1) is 60.9. The molecule has 0 aromatic carbocycles. The van der Waals surface area contributed by atoms with Gasteiger partial charge in [0.2, 0.25) is 23.6 Å². The highest BCUT2D eigenvalue weighted by Crippen LogP contribution is 2.43. The van der Waals surface area contributed by atoms with Crippen molar-refractivity contribution in [3.63, 3.8) is 0 Å². The summed E-state index contributed by atoms with van der Waals surface area (Å²) in [4.78, 5) is 64.1. The maximum Gasteiger partial charge on any atom is 0.364 e. The normalized spacial score (nSPS) is 48.1. The van der Waals surface area contributed by atoms with E-state index in [2.05, 4.69) is 21.3 Å². The number of carboxylic acid groups (broad SMARTS) is 1. The van der Waals surface area contributed by atoms with Crippen molar-refractivity contribution in [3.8, 4) is 0 Å². The van der Waals surface area contributed by atoms with Crippen LogP contribution >= 0.6 is 0 Å². The van der Waals surface area contributed by atoms with Crippen LogP contribution in [0.15, 0.2) is 0 Å². The minimum Gasteiger partial charge on any atom is -0.477 e. The number of aliphatic carboxylic acids is 1. The van der Waals surface area contributed by atoms with Crippen LogP contribution in [0.25, 0.3) is 0 Å². The zero-order chi connectivity index (χ0) is 95.3. The van der Waals surface area contributed by atoms with Gasteiger partial charge in [0.25, 0.3) is 5.79 Å². The van der Waals surface area contributed by atoms with Gasteiger partial charge in [0.1, 0.15) is 238 Å². The van der Waals surface area contributed by atoms with E-state index in [0.717, 1.165) is 27.7 Å². The highest BCUT2D eigenvalue weighted by molar-refractivity contribution is 5.77. The van der Waals surface area contributed by atoms with Crippen molar-refractivity contribution in [2.24, 2.45) is 0 Å². The van der Waals surface area contributed by atoms with Gasteiger partial charge >= 0.3 is 5.97 Å². The number of hydrogen-bond acceptors (Lipinski definition) is 53. The Hall–Kier alpha value is -4.57. The van der Waals surface area contributed by atoms with Crippen LogP contribution in [-0.4, -0.2) is 561 Å². The van der Waals surface area contributed by atoms with Gasteiger partial charge in [-0.1, -0.05) is 0 Å². The number of aliphatic hydroxyl groups excluding tert-OH is 29. The van der Waals surface area contributed by atoms with Gasteiger partial charge in [-0.15, -0.1) is 0 Å². The summed E-state index contributed by atoms with van der Waals surface area (Å²) in [6.07, 6.45) is -103. The van der Waals surface area contributed by atoms with Crippen LogP contribution < -0.4 is 21.3 Å². The summed E-state index contributed by atoms with van der Waals surface area (Å²) in [5.74, 6) is -9.28. The quantitative estimate of drug-likeness (QED) is 0.0280. The second kappa shape index (κ2) is 46.1. The van der Waals surface area contributed by atoms with E-state index in [1.165, 1.54) is 0 Å². The minimum atomic E-state index is -3.33. The van der Waals surface area contributed by atoms with Crippen LogP contribution in [0.2, 0.25) is 0 Å². The van der Waals surface area contributed by atoms with Gasteiger partial charge in [-0.3, -0.25) is 19.2 Å². The molecule has 4 amide bonds. The Kier molecular flexibility index (Phi) is 38.0. The van der Waals surface area contributed by atoms with E-state index in [1.54, 1.807) is 0 Å². The molecule has 58 nitrogen and oxygen atoms in total. The maximum atomic E-state index is 13.3. The smallest absolute Gasteiger partial charge is 0.364 e. The fraction of sp³-hybridized carbons (Fsp3) is 0.930. The molecule has 746 valence electrons. The van der Waals surface area contributed by atoms with E-state index in [1.807, 2.05) is 0 Å². The zero-order valence-corrected chi connectivity index (χ0v) is 68.9. The molecular weight excluding hydrogens is 1770 g/mol. The Labute approximate surface area is 728 Å². The number of carbonyl (C=O) groups excluding carboxylic acids is 4. The van der Waals surface area contributed by atoms with Gasteiger partial charge in [0.05, 0.1) is 78.2 Å². The van der Waals surface area contributed by atoms with Gasteiger partial charge in [0.15, 0.2) is 56.6 Å². The van der Waals surface area contributed by atoms with E-state index in [-0.39, 0.29) is 0 Å². The standard InChI is InChI=1S/C71H118N4O54/c1-16(84)72-31-20(88)5-71(70(109)110,128-56(31)35(90)21(89)6-76)129-59-39(94)25(10-80)116-68(52(59)107)124-55-28(13-83)119-63(34(44(55)99)75-19(4)87)127-60-47(102)38(93)24(9-79)117-69(60)126-58-41(96)30(121-67(51(58)106)123-54-27(12-82)118-62(33(43(54)98)74-18(3)86)122-53-26(11-81)113-61(108)32(42(53)97)73-17(2)85)15-112-65-50(105)57(125-66-49(104)46(101)37(92)23(8-78)115-66)40(95)29(120-65)14-111-64-48(103)45(100)36(91)22(7-77)114-64/h20-69,76-83,88-108H,5-15H2,1-4H3,(H,72,84)(H,73,85)(H,74,86)(H,75,87)(H,109,110)/t20-,21+,22+,23+,24+,25+,26+,27+,28+,29+,30+,31+,32+,33+,34+,35+,36+,37+,38+,39-,40+,41+,42+,43+,44+,45-,46-,47-,48-,49-,50-,51-,52+,53+,54+,55+,56+,57-,58-,59-,60-,61?,62?,63?,64?,65?,66?,67?,68?,69?,71?/m0/s1. The molecule has 0 radical (unpaired) electrons. The second-order valence-electron chi connectivity index (χ2n) is 32.4. The summed E-state index contributed by atoms with van der Waals surface area (Å²) < 4.78 is 112. The first-order valence-electron chi connectivity index (χ1n) is 40.8. The molecule has 10 rings (SSSR count). The van der Waals surface area contributed by atoms with Gasteiger partial charge in [-0.2, -0.15) is 0 Å². The van der Waals surface area contributed by atoms with E-state index in [4.69, 9.17) is 90.0 Å². The molecule has 0 aromatic rings. The first-order valence-corrected chi connectivity index (χ1v) is 40.8. The summed E-state index contributed by atoms with van der Waals surface area (Å²) >= 11 is 0. The molecule has 10 aliphatic rings. The minimum absolute atomic E-state index is 0.816. The highest BCUT2D eigenvalue weighted by atomic mass is 16.8.